The highest BCUT2D eigenvalue weighted by atomic mass is 16.5. The molecule has 0 aliphatic carbocycles. The number of ether oxygens (including phenoxy) is 1. The monoisotopic (exact) mass is 372 g/mol. The molecule has 2 fully saturated rings. The third-order valence-electron chi connectivity index (χ3n) is 5.48. The van der Waals surface area contributed by atoms with Crippen molar-refractivity contribution in [3.05, 3.63) is 29.8 Å². The molecule has 2 amide bonds. The van der Waals surface area contributed by atoms with Crippen molar-refractivity contribution in [1.29, 1.82) is 0 Å². The Hall–Kier alpha value is -2.04. The number of hydrogen-bond donors (Lipinski definition) is 0. The van der Waals surface area contributed by atoms with Crippen LogP contribution in [0.2, 0.25) is 0 Å². The smallest absolute Gasteiger partial charge is 0.226 e. The minimum absolute atomic E-state index is 0.175. The minimum atomic E-state index is 0.175. The molecule has 1 aromatic rings. The van der Waals surface area contributed by atoms with Gasteiger partial charge in [-0.2, -0.15) is 0 Å². The molecule has 27 heavy (non-hydrogen) atoms. The Morgan fingerprint density at radius 2 is 1.81 bits per heavy atom. The molecule has 0 saturated carbocycles. The molecule has 0 aromatic heterocycles. The Morgan fingerprint density at radius 3 is 2.44 bits per heavy atom. The van der Waals surface area contributed by atoms with Gasteiger partial charge in [0.1, 0.15) is 5.75 Å². The van der Waals surface area contributed by atoms with Gasteiger partial charge in [-0.25, -0.2) is 0 Å². The van der Waals surface area contributed by atoms with E-state index in [1.165, 1.54) is 0 Å². The van der Waals surface area contributed by atoms with Gasteiger partial charge in [-0.1, -0.05) is 26.0 Å². The maximum Gasteiger partial charge on any atom is 0.226 e. The molecule has 0 bridgehead atoms. The average molecular weight is 373 g/mol. The van der Waals surface area contributed by atoms with Gasteiger partial charge in [0.15, 0.2) is 0 Å². The summed E-state index contributed by atoms with van der Waals surface area (Å²) >= 11 is 0. The summed E-state index contributed by atoms with van der Waals surface area (Å²) in [5, 5.41) is 0. The third kappa shape index (κ3) is 5.47. The molecule has 5 nitrogen and oxygen atoms in total. The lowest BCUT2D eigenvalue weighted by Gasteiger charge is -2.40. The third-order valence-corrected chi connectivity index (χ3v) is 5.48. The predicted molar refractivity (Wildman–Crippen MR) is 106 cm³/mol. The van der Waals surface area contributed by atoms with E-state index in [9.17, 15) is 9.59 Å². The molecular weight excluding hydrogens is 340 g/mol. The molecule has 148 valence electrons. The Bertz CT molecular complexity index is 633. The molecule has 5 heteroatoms. The van der Waals surface area contributed by atoms with Gasteiger partial charge in [0.25, 0.3) is 0 Å². The van der Waals surface area contributed by atoms with Crippen LogP contribution in [0.15, 0.2) is 24.3 Å². The molecule has 2 aliphatic rings. The SMILES string of the molecule is CC(C)COc1ccc(CC(=O)N2CCC(N3CCCCC3=O)CC2)cc1. The first-order valence-electron chi connectivity index (χ1n) is 10.3. The summed E-state index contributed by atoms with van der Waals surface area (Å²) in [4.78, 5) is 28.7. The van der Waals surface area contributed by atoms with Gasteiger partial charge in [-0.05, 0) is 49.3 Å². The van der Waals surface area contributed by atoms with Crippen molar-refractivity contribution in [2.45, 2.75) is 58.4 Å². The summed E-state index contributed by atoms with van der Waals surface area (Å²) in [7, 11) is 0. The van der Waals surface area contributed by atoms with Crippen molar-refractivity contribution >= 4 is 11.8 Å². The van der Waals surface area contributed by atoms with Crippen LogP contribution in [0.1, 0.15) is 51.5 Å². The van der Waals surface area contributed by atoms with Crippen LogP contribution >= 0.6 is 0 Å². The zero-order chi connectivity index (χ0) is 19.2. The van der Waals surface area contributed by atoms with E-state index in [2.05, 4.69) is 18.7 Å². The standard InChI is InChI=1S/C22H32N2O3/c1-17(2)16-27-20-8-6-18(7-9-20)15-22(26)23-13-10-19(11-14-23)24-12-4-3-5-21(24)25/h6-9,17,19H,3-5,10-16H2,1-2H3. The number of carbonyl (C=O) groups is 2. The van der Waals surface area contributed by atoms with Crippen molar-refractivity contribution in [1.82, 2.24) is 9.80 Å². The normalized spacial score (nSPS) is 18.9. The summed E-state index contributed by atoms with van der Waals surface area (Å²) in [5.74, 6) is 1.82. The van der Waals surface area contributed by atoms with Crippen molar-refractivity contribution in [2.75, 3.05) is 26.2 Å². The van der Waals surface area contributed by atoms with Gasteiger partial charge >= 0.3 is 0 Å². The maximum absolute atomic E-state index is 12.6. The summed E-state index contributed by atoms with van der Waals surface area (Å²) in [6.45, 7) is 7.34. The highest BCUT2D eigenvalue weighted by molar-refractivity contribution is 5.79. The van der Waals surface area contributed by atoms with E-state index in [4.69, 9.17) is 4.74 Å². The number of piperidine rings is 2. The lowest BCUT2D eigenvalue weighted by Crippen LogP contribution is -2.50. The van der Waals surface area contributed by atoms with E-state index in [0.29, 0.717) is 37.3 Å². The molecule has 2 aliphatic heterocycles. The number of carbonyl (C=O) groups excluding carboxylic acids is 2. The Labute approximate surface area is 162 Å². The molecule has 0 unspecified atom stereocenters. The van der Waals surface area contributed by atoms with E-state index >= 15 is 0 Å². The van der Waals surface area contributed by atoms with E-state index < -0.39 is 0 Å². The Morgan fingerprint density at radius 1 is 1.11 bits per heavy atom. The van der Waals surface area contributed by atoms with E-state index in [0.717, 1.165) is 56.6 Å². The van der Waals surface area contributed by atoms with Crippen molar-refractivity contribution in [2.24, 2.45) is 5.92 Å². The average Bonchev–Trinajstić information content (AvgIpc) is 2.68. The summed E-state index contributed by atoms with van der Waals surface area (Å²) in [6.07, 6.45) is 5.06. The van der Waals surface area contributed by atoms with E-state index in [-0.39, 0.29) is 5.91 Å². The highest BCUT2D eigenvalue weighted by Crippen LogP contribution is 2.22. The van der Waals surface area contributed by atoms with Crippen LogP contribution < -0.4 is 4.74 Å². The fraction of sp³-hybridized carbons (Fsp3) is 0.636. The van der Waals surface area contributed by atoms with Crippen LogP contribution in [-0.4, -0.2) is 53.9 Å². The van der Waals surface area contributed by atoms with Crippen molar-refractivity contribution in [3.8, 4) is 5.75 Å². The van der Waals surface area contributed by atoms with Gasteiger partial charge in [0.05, 0.1) is 13.0 Å². The van der Waals surface area contributed by atoms with Crippen LogP contribution in [0.25, 0.3) is 0 Å². The largest absolute Gasteiger partial charge is 0.493 e. The number of hydrogen-bond acceptors (Lipinski definition) is 3. The molecule has 0 N–H and O–H groups in total. The highest BCUT2D eigenvalue weighted by Gasteiger charge is 2.30. The van der Waals surface area contributed by atoms with Gasteiger partial charge in [0.2, 0.25) is 11.8 Å². The quantitative estimate of drug-likeness (QED) is 0.770. The maximum atomic E-state index is 12.6. The number of benzene rings is 1. The van der Waals surface area contributed by atoms with E-state index in [1.54, 1.807) is 0 Å². The first-order valence-corrected chi connectivity index (χ1v) is 10.3. The molecule has 2 saturated heterocycles. The van der Waals surface area contributed by atoms with Crippen LogP contribution in [0.4, 0.5) is 0 Å². The molecule has 0 spiro atoms. The number of nitrogens with zero attached hydrogens (tertiary/aromatic N) is 2. The second-order valence-electron chi connectivity index (χ2n) is 8.18. The second-order valence-corrected chi connectivity index (χ2v) is 8.18. The van der Waals surface area contributed by atoms with Crippen LogP contribution in [0.3, 0.4) is 0 Å². The molecule has 1 aromatic carbocycles. The number of rotatable bonds is 6. The lowest BCUT2D eigenvalue weighted by atomic mass is 9.99. The van der Waals surface area contributed by atoms with E-state index in [1.807, 2.05) is 29.2 Å². The van der Waals surface area contributed by atoms with Crippen LogP contribution in [0.5, 0.6) is 5.75 Å². The fourth-order valence-electron chi connectivity index (χ4n) is 3.89. The van der Waals surface area contributed by atoms with Crippen LogP contribution in [0, 0.1) is 5.92 Å². The zero-order valence-electron chi connectivity index (χ0n) is 16.7. The zero-order valence-corrected chi connectivity index (χ0v) is 16.7. The first kappa shape index (κ1) is 19.7. The van der Waals surface area contributed by atoms with Gasteiger partial charge in [-0.15, -0.1) is 0 Å². The minimum Gasteiger partial charge on any atom is -0.493 e. The Kier molecular flexibility index (Phi) is 6.75. The Balaban J connectivity index is 1.46. The topological polar surface area (TPSA) is 49.9 Å². The van der Waals surface area contributed by atoms with Gasteiger partial charge in [-0.3, -0.25) is 9.59 Å². The summed E-state index contributed by atoms with van der Waals surface area (Å²) in [5.41, 5.74) is 1.02. The molecule has 0 atom stereocenters. The summed E-state index contributed by atoms with van der Waals surface area (Å²) < 4.78 is 5.69. The van der Waals surface area contributed by atoms with Crippen LogP contribution in [-0.2, 0) is 16.0 Å². The summed E-state index contributed by atoms with van der Waals surface area (Å²) in [6, 6.07) is 8.16. The van der Waals surface area contributed by atoms with Crippen molar-refractivity contribution in [3.63, 3.8) is 0 Å². The van der Waals surface area contributed by atoms with Gasteiger partial charge < -0.3 is 14.5 Å². The molecule has 0 radical (unpaired) electrons. The lowest BCUT2D eigenvalue weighted by molar-refractivity contribution is -0.138. The molecular formula is C22H32N2O3. The van der Waals surface area contributed by atoms with Crippen molar-refractivity contribution < 1.29 is 14.3 Å². The molecule has 3 rings (SSSR count). The predicted octanol–water partition coefficient (Wildman–Crippen LogP) is 3.27. The number of amides is 2. The van der Waals surface area contributed by atoms with Gasteiger partial charge in [0, 0.05) is 32.1 Å². The first-order chi connectivity index (χ1) is 13.0. The number of likely N-dealkylation sites (tertiary alicyclic amines) is 2. The fourth-order valence-corrected chi connectivity index (χ4v) is 3.89. The molecule has 2 heterocycles. The second kappa shape index (κ2) is 9.25.